The lowest BCUT2D eigenvalue weighted by Crippen LogP contribution is -2.26. The molecule has 26 heavy (non-hydrogen) atoms. The van der Waals surface area contributed by atoms with Crippen LogP contribution in [0.15, 0.2) is 67.0 Å². The number of nitrogens with one attached hydrogen (secondary N) is 2. The van der Waals surface area contributed by atoms with Gasteiger partial charge in [0.05, 0.1) is 11.7 Å². The molecule has 2 aromatic heterocycles. The van der Waals surface area contributed by atoms with Gasteiger partial charge in [-0.25, -0.2) is 4.68 Å². The second-order valence-electron chi connectivity index (χ2n) is 6.46. The Balaban J connectivity index is 1.50. The summed E-state index contributed by atoms with van der Waals surface area (Å²) in [6.45, 7) is 4.01. The number of para-hydroxylation sites is 1. The smallest absolute Gasteiger partial charge is 0.268 e. The third kappa shape index (κ3) is 2.99. The van der Waals surface area contributed by atoms with E-state index in [0.29, 0.717) is 5.69 Å². The largest absolute Gasteiger partial charge is 0.350 e. The molecule has 2 heterocycles. The average Bonchev–Trinajstić information content (AvgIpc) is 3.32. The van der Waals surface area contributed by atoms with Crippen LogP contribution in [0.1, 0.15) is 34.6 Å². The molecular formula is C21H20N4O. The zero-order chi connectivity index (χ0) is 18.1. The number of fused-ring (bicyclic) bond motifs is 1. The normalized spacial score (nSPS) is 12.2. The molecule has 0 saturated heterocycles. The maximum absolute atomic E-state index is 12.6. The van der Waals surface area contributed by atoms with Crippen LogP contribution in [0, 0.1) is 6.92 Å². The van der Waals surface area contributed by atoms with Gasteiger partial charge in [-0.2, -0.15) is 5.10 Å². The Morgan fingerprint density at radius 1 is 1.15 bits per heavy atom. The zero-order valence-electron chi connectivity index (χ0n) is 14.7. The number of hydrogen-bond acceptors (Lipinski definition) is 2. The SMILES string of the molecule is Cc1cccc2cc(C(=O)NC(C)c3ccc(-n4cccn4)cc3)[nH]c12. The van der Waals surface area contributed by atoms with Crippen LogP contribution in [0.2, 0.25) is 0 Å². The Labute approximate surface area is 151 Å². The Morgan fingerprint density at radius 3 is 2.65 bits per heavy atom. The van der Waals surface area contributed by atoms with Gasteiger partial charge in [-0.3, -0.25) is 4.79 Å². The van der Waals surface area contributed by atoms with Gasteiger partial charge in [-0.05, 0) is 49.2 Å². The first kappa shape index (κ1) is 16.1. The van der Waals surface area contributed by atoms with Crippen LogP contribution in [-0.2, 0) is 0 Å². The first-order valence-electron chi connectivity index (χ1n) is 8.61. The monoisotopic (exact) mass is 344 g/mol. The van der Waals surface area contributed by atoms with Gasteiger partial charge >= 0.3 is 0 Å². The molecule has 0 radical (unpaired) electrons. The van der Waals surface area contributed by atoms with E-state index in [9.17, 15) is 4.79 Å². The van der Waals surface area contributed by atoms with Crippen LogP contribution >= 0.6 is 0 Å². The summed E-state index contributed by atoms with van der Waals surface area (Å²) in [6.07, 6.45) is 3.65. The van der Waals surface area contributed by atoms with Gasteiger partial charge in [-0.15, -0.1) is 0 Å². The summed E-state index contributed by atoms with van der Waals surface area (Å²) < 4.78 is 1.81. The van der Waals surface area contributed by atoms with Gasteiger partial charge in [-0.1, -0.05) is 30.3 Å². The highest BCUT2D eigenvalue weighted by atomic mass is 16.1. The van der Waals surface area contributed by atoms with Crippen molar-refractivity contribution in [3.8, 4) is 5.69 Å². The van der Waals surface area contributed by atoms with Crippen molar-refractivity contribution < 1.29 is 4.79 Å². The van der Waals surface area contributed by atoms with E-state index in [2.05, 4.69) is 15.4 Å². The van der Waals surface area contributed by atoms with Crippen molar-refractivity contribution >= 4 is 16.8 Å². The molecule has 1 amide bonds. The molecular weight excluding hydrogens is 324 g/mol. The van der Waals surface area contributed by atoms with Crippen LogP contribution in [0.3, 0.4) is 0 Å². The summed E-state index contributed by atoms with van der Waals surface area (Å²) in [5.41, 5.74) is 4.75. The zero-order valence-corrected chi connectivity index (χ0v) is 14.7. The summed E-state index contributed by atoms with van der Waals surface area (Å²) in [7, 11) is 0. The average molecular weight is 344 g/mol. The van der Waals surface area contributed by atoms with E-state index in [4.69, 9.17) is 0 Å². The van der Waals surface area contributed by atoms with Crippen molar-refractivity contribution in [2.24, 2.45) is 0 Å². The van der Waals surface area contributed by atoms with Gasteiger partial charge in [0.15, 0.2) is 0 Å². The van der Waals surface area contributed by atoms with Crippen molar-refractivity contribution in [2.45, 2.75) is 19.9 Å². The maximum atomic E-state index is 12.6. The number of amides is 1. The van der Waals surface area contributed by atoms with E-state index in [-0.39, 0.29) is 11.9 Å². The Kier molecular flexibility index (Phi) is 4.05. The molecule has 1 unspecified atom stereocenters. The number of H-pyrrole nitrogens is 1. The first-order valence-corrected chi connectivity index (χ1v) is 8.61. The van der Waals surface area contributed by atoms with E-state index in [1.165, 1.54) is 0 Å². The molecule has 130 valence electrons. The summed E-state index contributed by atoms with van der Waals surface area (Å²) in [6, 6.07) is 17.7. The highest BCUT2D eigenvalue weighted by Gasteiger charge is 2.14. The third-order valence-electron chi connectivity index (χ3n) is 4.62. The molecule has 0 bridgehead atoms. The summed E-state index contributed by atoms with van der Waals surface area (Å²) >= 11 is 0. The predicted molar refractivity (Wildman–Crippen MR) is 102 cm³/mol. The number of carbonyl (C=O) groups excluding carboxylic acids is 1. The minimum Gasteiger partial charge on any atom is -0.350 e. The highest BCUT2D eigenvalue weighted by molar-refractivity contribution is 5.98. The van der Waals surface area contributed by atoms with E-state index < -0.39 is 0 Å². The van der Waals surface area contributed by atoms with E-state index in [1.54, 1.807) is 10.9 Å². The van der Waals surface area contributed by atoms with Crippen LogP contribution in [0.5, 0.6) is 0 Å². The lowest BCUT2D eigenvalue weighted by molar-refractivity contribution is 0.0935. The molecule has 0 aliphatic rings. The molecule has 4 rings (SSSR count). The fourth-order valence-corrected chi connectivity index (χ4v) is 3.13. The van der Waals surface area contributed by atoms with Crippen LogP contribution in [0.25, 0.3) is 16.6 Å². The number of rotatable bonds is 4. The summed E-state index contributed by atoms with van der Waals surface area (Å²) in [5.74, 6) is -0.107. The van der Waals surface area contributed by atoms with Crippen molar-refractivity contribution in [1.82, 2.24) is 20.1 Å². The minimum atomic E-state index is -0.107. The van der Waals surface area contributed by atoms with Gasteiger partial charge in [0.2, 0.25) is 0 Å². The molecule has 2 aromatic carbocycles. The van der Waals surface area contributed by atoms with Crippen LogP contribution < -0.4 is 5.32 Å². The van der Waals surface area contributed by atoms with Crippen LogP contribution in [-0.4, -0.2) is 20.7 Å². The topological polar surface area (TPSA) is 62.7 Å². The quantitative estimate of drug-likeness (QED) is 0.584. The summed E-state index contributed by atoms with van der Waals surface area (Å²) in [4.78, 5) is 15.8. The Bertz CT molecular complexity index is 1050. The van der Waals surface area contributed by atoms with E-state index in [1.807, 2.05) is 74.6 Å². The molecule has 5 nitrogen and oxygen atoms in total. The fourth-order valence-electron chi connectivity index (χ4n) is 3.13. The number of benzene rings is 2. The number of carbonyl (C=O) groups is 1. The van der Waals surface area contributed by atoms with Gasteiger partial charge in [0, 0.05) is 23.3 Å². The minimum absolute atomic E-state index is 0.0957. The molecule has 0 aliphatic heterocycles. The number of aryl methyl sites for hydroxylation is 1. The number of aromatic amines is 1. The first-order chi connectivity index (χ1) is 12.6. The Hall–Kier alpha value is -3.34. The van der Waals surface area contributed by atoms with Gasteiger partial charge in [0.25, 0.3) is 5.91 Å². The summed E-state index contributed by atoms with van der Waals surface area (Å²) in [5, 5.41) is 8.32. The molecule has 4 aromatic rings. The highest BCUT2D eigenvalue weighted by Crippen LogP contribution is 2.20. The standard InChI is InChI=1S/C21H20N4O/c1-14-5-3-6-17-13-19(24-20(14)17)21(26)23-15(2)16-7-9-18(10-8-16)25-12-4-11-22-25/h3-13,15,24H,1-2H3,(H,23,26). The molecule has 0 fully saturated rings. The predicted octanol–water partition coefficient (Wildman–Crippen LogP) is 4.15. The van der Waals surface area contributed by atoms with E-state index in [0.717, 1.165) is 27.7 Å². The van der Waals surface area contributed by atoms with Crippen LogP contribution in [0.4, 0.5) is 0 Å². The molecule has 2 N–H and O–H groups in total. The molecule has 0 saturated carbocycles. The number of hydrogen-bond donors (Lipinski definition) is 2. The number of nitrogens with zero attached hydrogens (tertiary/aromatic N) is 2. The number of aromatic nitrogens is 3. The molecule has 1 atom stereocenters. The van der Waals surface area contributed by atoms with Gasteiger partial charge < -0.3 is 10.3 Å². The van der Waals surface area contributed by atoms with Gasteiger partial charge in [0.1, 0.15) is 5.69 Å². The van der Waals surface area contributed by atoms with Crippen molar-refractivity contribution in [2.75, 3.05) is 0 Å². The second-order valence-corrected chi connectivity index (χ2v) is 6.46. The van der Waals surface area contributed by atoms with E-state index >= 15 is 0 Å². The fraction of sp³-hybridized carbons (Fsp3) is 0.143. The molecule has 0 aliphatic carbocycles. The third-order valence-corrected chi connectivity index (χ3v) is 4.62. The van der Waals surface area contributed by atoms with Crippen molar-refractivity contribution in [3.05, 3.63) is 83.8 Å². The van der Waals surface area contributed by atoms with Crippen molar-refractivity contribution in [1.29, 1.82) is 0 Å². The van der Waals surface area contributed by atoms with Crippen molar-refractivity contribution in [3.63, 3.8) is 0 Å². The lowest BCUT2D eigenvalue weighted by Gasteiger charge is -2.14. The maximum Gasteiger partial charge on any atom is 0.268 e. The second kappa shape index (κ2) is 6.52. The lowest BCUT2D eigenvalue weighted by atomic mass is 10.1. The molecule has 5 heteroatoms. The Morgan fingerprint density at radius 2 is 1.96 bits per heavy atom. The molecule has 0 spiro atoms.